The standard InChI is InChI=1S/C17H17N5O7S4.2Na.2H/c23-11(4-9-2-1-3-30-9)19-12-14(24)22-13(16(25)26)8(5-31-15(12)22)6-32-17-18-10(20-21-17)7-33(27,28)29;;;;/h1-3,12,15H,4-7H2,(H,19,23)(H,25,26)(H,18,20,21)(H,27,28,29);;;;/q;2*+1;2*-1/t12?,15-;;;;/m1..../s1. The van der Waals surface area contributed by atoms with E-state index in [4.69, 9.17) is 4.55 Å². The summed E-state index contributed by atoms with van der Waals surface area (Å²) >= 11 is 3.85. The summed E-state index contributed by atoms with van der Waals surface area (Å²) in [6, 6.07) is 2.86. The van der Waals surface area contributed by atoms with Crippen molar-refractivity contribution in [3.8, 4) is 0 Å². The van der Waals surface area contributed by atoms with Gasteiger partial charge >= 0.3 is 65.1 Å². The first-order chi connectivity index (χ1) is 15.6. The van der Waals surface area contributed by atoms with Crippen LogP contribution in [0, 0.1) is 0 Å². The molecule has 0 aromatic carbocycles. The summed E-state index contributed by atoms with van der Waals surface area (Å²) in [4.78, 5) is 42.9. The van der Waals surface area contributed by atoms with E-state index >= 15 is 0 Å². The van der Waals surface area contributed by atoms with Crippen LogP contribution in [0.2, 0.25) is 0 Å². The fourth-order valence-electron chi connectivity index (χ4n) is 3.32. The van der Waals surface area contributed by atoms with Crippen LogP contribution in [-0.2, 0) is 36.7 Å². The van der Waals surface area contributed by atoms with E-state index in [0.29, 0.717) is 11.3 Å². The largest absolute Gasteiger partial charge is 1.00 e. The van der Waals surface area contributed by atoms with Crippen LogP contribution in [0.25, 0.3) is 0 Å². The van der Waals surface area contributed by atoms with Gasteiger partial charge in [-0.2, -0.15) is 8.42 Å². The normalized spacial score (nSPS) is 19.2. The molecular formula is C17H19N5Na2O7S4. The maximum Gasteiger partial charge on any atom is 1.00 e. The summed E-state index contributed by atoms with van der Waals surface area (Å²) in [6.45, 7) is 0. The Morgan fingerprint density at radius 1 is 1.37 bits per heavy atom. The minimum absolute atomic E-state index is 0. The van der Waals surface area contributed by atoms with Crippen molar-refractivity contribution in [2.24, 2.45) is 0 Å². The molecule has 35 heavy (non-hydrogen) atoms. The molecule has 0 bridgehead atoms. The molecule has 4 rings (SSSR count). The van der Waals surface area contributed by atoms with Crippen molar-refractivity contribution in [3.63, 3.8) is 0 Å². The number of rotatable bonds is 9. The van der Waals surface area contributed by atoms with Crippen molar-refractivity contribution >= 4 is 62.8 Å². The molecule has 12 nitrogen and oxygen atoms in total. The van der Waals surface area contributed by atoms with Crippen LogP contribution in [0.5, 0.6) is 0 Å². The molecule has 0 saturated carbocycles. The van der Waals surface area contributed by atoms with Gasteiger partial charge < -0.3 is 13.3 Å². The van der Waals surface area contributed by atoms with Gasteiger partial charge in [0.05, 0.1) is 6.42 Å². The van der Waals surface area contributed by atoms with Crippen LogP contribution in [0.4, 0.5) is 0 Å². The van der Waals surface area contributed by atoms with E-state index in [1.54, 1.807) is 0 Å². The molecule has 0 radical (unpaired) electrons. The second-order valence-electron chi connectivity index (χ2n) is 7.05. The van der Waals surface area contributed by atoms with Gasteiger partial charge in [0.2, 0.25) is 11.1 Å². The summed E-state index contributed by atoms with van der Waals surface area (Å²) in [6.07, 6.45) is 0.151. The predicted molar refractivity (Wildman–Crippen MR) is 122 cm³/mol. The predicted octanol–water partition coefficient (Wildman–Crippen LogP) is -5.44. The van der Waals surface area contributed by atoms with Gasteiger partial charge in [0.1, 0.15) is 28.7 Å². The number of carbonyl (C=O) groups is 3. The Labute approximate surface area is 259 Å². The molecule has 2 aromatic heterocycles. The number of thioether (sulfide) groups is 2. The van der Waals surface area contributed by atoms with Gasteiger partial charge in [-0.15, -0.1) is 28.2 Å². The minimum Gasteiger partial charge on any atom is -1.00 e. The first-order valence-electron chi connectivity index (χ1n) is 9.33. The number of nitrogens with zero attached hydrogens (tertiary/aromatic N) is 3. The Morgan fingerprint density at radius 2 is 2.11 bits per heavy atom. The topological polar surface area (TPSA) is 183 Å². The van der Waals surface area contributed by atoms with E-state index in [1.165, 1.54) is 28.0 Å². The van der Waals surface area contributed by atoms with Crippen molar-refractivity contribution in [3.05, 3.63) is 39.5 Å². The number of hydrogen-bond acceptors (Lipinski definition) is 10. The molecule has 180 valence electrons. The molecule has 2 amide bonds. The Hall–Kier alpha value is -0.400. The molecule has 2 atom stereocenters. The maximum atomic E-state index is 12.7. The van der Waals surface area contributed by atoms with Gasteiger partial charge in [0, 0.05) is 16.4 Å². The number of thiophene rings is 1. The zero-order valence-electron chi connectivity index (χ0n) is 20.6. The molecule has 1 saturated heterocycles. The van der Waals surface area contributed by atoms with Crippen molar-refractivity contribution in [2.75, 3.05) is 11.5 Å². The van der Waals surface area contributed by atoms with E-state index in [0.717, 1.165) is 16.6 Å². The monoisotopic (exact) mass is 579 g/mol. The van der Waals surface area contributed by atoms with Crippen LogP contribution < -0.4 is 64.4 Å². The Bertz CT molecular complexity index is 1250. The Balaban J connectivity index is 0.00000324. The number of aromatic nitrogens is 3. The number of aromatic amines is 1. The number of carbonyl (C=O) groups excluding carboxylic acids is 2. The minimum atomic E-state index is -4.27. The third kappa shape index (κ3) is 7.56. The number of amides is 2. The Kier molecular flexibility index (Phi) is 11.4. The molecule has 1 fully saturated rings. The average molecular weight is 580 g/mol. The van der Waals surface area contributed by atoms with Gasteiger partial charge in [0.15, 0.2) is 0 Å². The van der Waals surface area contributed by atoms with Crippen LogP contribution in [-0.4, -0.2) is 78.9 Å². The van der Waals surface area contributed by atoms with Crippen LogP contribution >= 0.6 is 34.9 Å². The average Bonchev–Trinajstić information content (AvgIpc) is 3.40. The van der Waals surface area contributed by atoms with Crippen molar-refractivity contribution < 1.29 is 94.4 Å². The second kappa shape index (κ2) is 12.9. The van der Waals surface area contributed by atoms with E-state index in [-0.39, 0.29) is 96.7 Å². The molecule has 2 aromatic rings. The van der Waals surface area contributed by atoms with Gasteiger partial charge in [-0.25, -0.2) is 9.78 Å². The fourth-order valence-corrected chi connectivity index (χ4v) is 6.80. The quantitative estimate of drug-likeness (QED) is 0.0963. The SMILES string of the molecule is O=C(Cc1cccs1)NC1C(=O)N2C(C(=O)O)=C(CSc3n[nH]c(CS(=O)(=O)O)n3)CS[C@H]12.[H-].[H-].[Na+].[Na+]. The van der Waals surface area contributed by atoms with Crippen LogP contribution in [0.1, 0.15) is 13.6 Å². The van der Waals surface area contributed by atoms with Crippen molar-refractivity contribution in [1.82, 2.24) is 25.4 Å². The molecular weight excluding hydrogens is 560 g/mol. The smallest absolute Gasteiger partial charge is 1.00 e. The van der Waals surface area contributed by atoms with Gasteiger partial charge in [0.25, 0.3) is 16.0 Å². The molecule has 4 heterocycles. The number of carboxylic acids is 1. The fraction of sp³-hybridized carbons (Fsp3) is 0.353. The number of hydrogen-bond donors (Lipinski definition) is 4. The number of H-pyrrole nitrogens is 1. The van der Waals surface area contributed by atoms with Gasteiger partial charge in [-0.1, -0.05) is 17.8 Å². The number of carboxylic acid groups (broad SMARTS) is 1. The van der Waals surface area contributed by atoms with Crippen molar-refractivity contribution in [2.45, 2.75) is 28.7 Å². The maximum absolute atomic E-state index is 12.7. The summed E-state index contributed by atoms with van der Waals surface area (Å²) in [7, 11) is -4.27. The molecule has 0 aliphatic carbocycles. The number of β-lactam (4-membered cyclic amide) rings is 1. The molecule has 0 spiro atoms. The van der Waals surface area contributed by atoms with Crippen LogP contribution in [0.15, 0.2) is 33.9 Å². The molecule has 2 aliphatic rings. The summed E-state index contributed by atoms with van der Waals surface area (Å²) in [5, 5.41) is 20.2. The zero-order valence-corrected chi connectivity index (χ0v) is 25.9. The summed E-state index contributed by atoms with van der Waals surface area (Å²) in [5.74, 6) is -2.34. The Morgan fingerprint density at radius 3 is 2.74 bits per heavy atom. The van der Waals surface area contributed by atoms with Crippen LogP contribution in [0.3, 0.4) is 0 Å². The molecule has 1 unspecified atom stereocenters. The van der Waals surface area contributed by atoms with E-state index in [2.05, 4.69) is 20.5 Å². The molecule has 4 N–H and O–H groups in total. The number of fused-ring (bicyclic) bond motifs is 1. The molecule has 18 heteroatoms. The number of aliphatic carboxylic acids is 1. The number of nitrogens with one attached hydrogen (secondary N) is 2. The summed E-state index contributed by atoms with van der Waals surface area (Å²) < 4.78 is 30.7. The van der Waals surface area contributed by atoms with Gasteiger partial charge in [-0.3, -0.25) is 24.1 Å². The van der Waals surface area contributed by atoms with E-state index in [1.807, 2.05) is 17.5 Å². The van der Waals surface area contributed by atoms with Crippen molar-refractivity contribution in [1.29, 1.82) is 0 Å². The third-order valence-electron chi connectivity index (χ3n) is 4.69. The first-order valence-corrected chi connectivity index (χ1v) is 13.9. The third-order valence-corrected chi connectivity index (χ3v) is 8.47. The molecule has 2 aliphatic heterocycles. The zero-order chi connectivity index (χ0) is 23.8. The summed E-state index contributed by atoms with van der Waals surface area (Å²) in [5.41, 5.74) is 0.347. The second-order valence-corrected chi connectivity index (χ2v) is 11.6. The first kappa shape index (κ1) is 30.8. The van der Waals surface area contributed by atoms with Gasteiger partial charge in [-0.05, 0) is 17.0 Å². The van der Waals surface area contributed by atoms with E-state index < -0.39 is 39.2 Å². The van der Waals surface area contributed by atoms with E-state index in [9.17, 15) is 27.9 Å².